The van der Waals surface area contributed by atoms with Crippen molar-refractivity contribution in [2.45, 2.75) is 30.6 Å². The first-order chi connectivity index (χ1) is 13.4. The van der Waals surface area contributed by atoms with E-state index in [2.05, 4.69) is 4.99 Å². The third kappa shape index (κ3) is 4.55. The van der Waals surface area contributed by atoms with E-state index in [1.54, 1.807) is 12.1 Å². The minimum Gasteiger partial charge on any atom is -0.507 e. The lowest BCUT2D eigenvalue weighted by Gasteiger charge is -2.19. The molecule has 0 unspecified atom stereocenters. The highest BCUT2D eigenvalue weighted by Gasteiger charge is 2.24. The van der Waals surface area contributed by atoms with Gasteiger partial charge in [0.1, 0.15) is 5.75 Å². The number of aromatic hydroxyl groups is 1. The number of benzene rings is 2. The summed E-state index contributed by atoms with van der Waals surface area (Å²) in [6, 6.07) is 9.79. The monoisotopic (exact) mass is 403 g/mol. The van der Waals surface area contributed by atoms with E-state index in [9.17, 15) is 23.6 Å². The molecule has 9 heteroatoms. The van der Waals surface area contributed by atoms with Crippen molar-refractivity contribution < 1.29 is 18.4 Å². The molecular weight excluding hydrogens is 382 g/mol. The quantitative estimate of drug-likeness (QED) is 0.465. The number of nitro groups is 1. The highest BCUT2D eigenvalue weighted by molar-refractivity contribution is 7.89. The number of phenolic OH excluding ortho intramolecular Hbond substituents is 1. The Kier molecular flexibility index (Phi) is 6.05. The fourth-order valence-corrected chi connectivity index (χ4v) is 4.56. The summed E-state index contributed by atoms with van der Waals surface area (Å²) in [5.74, 6) is -0.130. The number of aliphatic imine (C=N–C) groups is 1. The molecule has 2 aromatic rings. The molecule has 0 aliphatic carbocycles. The second-order valence-electron chi connectivity index (χ2n) is 6.57. The van der Waals surface area contributed by atoms with Gasteiger partial charge in [-0.1, -0.05) is 12.8 Å². The summed E-state index contributed by atoms with van der Waals surface area (Å²) in [6.45, 7) is 1.07. The summed E-state index contributed by atoms with van der Waals surface area (Å²) in [4.78, 5) is 14.7. The van der Waals surface area contributed by atoms with Crippen LogP contribution in [0.15, 0.2) is 52.4 Å². The number of nitrogens with zero attached hydrogens (tertiary/aromatic N) is 3. The summed E-state index contributed by atoms with van der Waals surface area (Å²) in [7, 11) is -3.52. The first-order valence-electron chi connectivity index (χ1n) is 8.99. The van der Waals surface area contributed by atoms with Gasteiger partial charge in [-0.25, -0.2) is 8.42 Å². The largest absolute Gasteiger partial charge is 0.507 e. The Bertz CT molecular complexity index is 979. The Balaban J connectivity index is 1.78. The molecule has 3 rings (SSSR count). The van der Waals surface area contributed by atoms with Crippen LogP contribution in [0.1, 0.15) is 31.2 Å². The SMILES string of the molecule is O=[N+]([O-])c1ccc(O)c(C=Nc2ccc(S(=O)(=O)N3CCCCCC3)cc2)c1. The lowest BCUT2D eigenvalue weighted by Crippen LogP contribution is -2.31. The minimum atomic E-state index is -3.52. The van der Waals surface area contributed by atoms with Gasteiger partial charge in [0.25, 0.3) is 5.69 Å². The maximum absolute atomic E-state index is 12.8. The number of phenols is 1. The van der Waals surface area contributed by atoms with E-state index in [0.717, 1.165) is 25.7 Å². The number of non-ortho nitro benzene ring substituents is 1. The van der Waals surface area contributed by atoms with Gasteiger partial charge in [-0.3, -0.25) is 15.1 Å². The summed E-state index contributed by atoms with van der Waals surface area (Å²) < 4.78 is 27.1. The topological polar surface area (TPSA) is 113 Å². The summed E-state index contributed by atoms with van der Waals surface area (Å²) in [5, 5.41) is 20.7. The standard InChI is InChI=1S/C19H21N3O5S/c23-19-10-7-17(22(24)25)13-15(19)14-20-16-5-8-18(9-6-16)28(26,27)21-11-3-1-2-4-12-21/h5-10,13-14,23H,1-4,11-12H2. The fraction of sp³-hybridized carbons (Fsp3) is 0.316. The molecule has 1 heterocycles. The van der Waals surface area contributed by atoms with Crippen LogP contribution >= 0.6 is 0 Å². The second kappa shape index (κ2) is 8.49. The van der Waals surface area contributed by atoms with Gasteiger partial charge in [0.15, 0.2) is 0 Å². The van der Waals surface area contributed by atoms with Gasteiger partial charge in [-0.05, 0) is 43.2 Å². The minimum absolute atomic E-state index is 0.130. The van der Waals surface area contributed by atoms with E-state index >= 15 is 0 Å². The lowest BCUT2D eigenvalue weighted by molar-refractivity contribution is -0.384. The van der Waals surface area contributed by atoms with Gasteiger partial charge in [-0.15, -0.1) is 0 Å². The predicted octanol–water partition coefficient (Wildman–Crippen LogP) is 3.62. The number of hydrogen-bond acceptors (Lipinski definition) is 6. The zero-order chi connectivity index (χ0) is 20.1. The molecule has 8 nitrogen and oxygen atoms in total. The van der Waals surface area contributed by atoms with Crippen LogP contribution in [0.2, 0.25) is 0 Å². The predicted molar refractivity (Wildman–Crippen MR) is 106 cm³/mol. The molecule has 0 radical (unpaired) electrons. The average Bonchev–Trinajstić information content (AvgIpc) is 2.97. The Morgan fingerprint density at radius 3 is 2.29 bits per heavy atom. The van der Waals surface area contributed by atoms with Crippen LogP contribution in [0.4, 0.5) is 11.4 Å². The molecule has 0 saturated carbocycles. The van der Waals surface area contributed by atoms with Gasteiger partial charge >= 0.3 is 0 Å². The molecule has 1 N–H and O–H groups in total. The van der Waals surface area contributed by atoms with Crippen LogP contribution in [-0.4, -0.2) is 42.1 Å². The van der Waals surface area contributed by atoms with E-state index in [0.29, 0.717) is 18.8 Å². The molecule has 1 aliphatic rings. The van der Waals surface area contributed by atoms with Crippen LogP contribution in [0.5, 0.6) is 5.75 Å². The van der Waals surface area contributed by atoms with E-state index in [4.69, 9.17) is 0 Å². The van der Waals surface area contributed by atoms with E-state index in [1.165, 1.54) is 40.9 Å². The Hall–Kier alpha value is -2.78. The van der Waals surface area contributed by atoms with Crippen molar-refractivity contribution in [3.63, 3.8) is 0 Å². The molecule has 2 aromatic carbocycles. The average molecular weight is 403 g/mol. The number of sulfonamides is 1. The van der Waals surface area contributed by atoms with Crippen molar-refractivity contribution >= 4 is 27.6 Å². The van der Waals surface area contributed by atoms with Gasteiger partial charge in [0.2, 0.25) is 10.0 Å². The molecule has 28 heavy (non-hydrogen) atoms. The molecule has 1 aliphatic heterocycles. The molecule has 148 valence electrons. The first kappa shape index (κ1) is 20.0. The molecule has 1 saturated heterocycles. The number of rotatable bonds is 5. The molecule has 0 aromatic heterocycles. The summed E-state index contributed by atoms with van der Waals surface area (Å²) >= 11 is 0. The van der Waals surface area contributed by atoms with Crippen LogP contribution in [-0.2, 0) is 10.0 Å². The van der Waals surface area contributed by atoms with Crippen molar-refractivity contribution in [2.75, 3.05) is 13.1 Å². The fourth-order valence-electron chi connectivity index (χ4n) is 3.04. The molecule has 0 bridgehead atoms. The molecular formula is C19H21N3O5S. The van der Waals surface area contributed by atoms with E-state index in [1.807, 2.05) is 0 Å². The Morgan fingerprint density at radius 1 is 1.04 bits per heavy atom. The first-order valence-corrected chi connectivity index (χ1v) is 10.4. The summed E-state index contributed by atoms with van der Waals surface area (Å²) in [6.07, 6.45) is 5.14. The van der Waals surface area contributed by atoms with Crippen LogP contribution in [0, 0.1) is 10.1 Å². The van der Waals surface area contributed by atoms with Crippen LogP contribution in [0.25, 0.3) is 0 Å². The highest BCUT2D eigenvalue weighted by Crippen LogP contribution is 2.24. The van der Waals surface area contributed by atoms with Crippen molar-refractivity contribution in [1.29, 1.82) is 0 Å². The van der Waals surface area contributed by atoms with Crippen molar-refractivity contribution in [2.24, 2.45) is 4.99 Å². The lowest BCUT2D eigenvalue weighted by atomic mass is 10.2. The van der Waals surface area contributed by atoms with Gasteiger partial charge in [0.05, 0.1) is 15.5 Å². The van der Waals surface area contributed by atoms with Crippen molar-refractivity contribution in [3.8, 4) is 5.75 Å². The van der Waals surface area contributed by atoms with E-state index < -0.39 is 14.9 Å². The van der Waals surface area contributed by atoms with Crippen molar-refractivity contribution in [3.05, 3.63) is 58.1 Å². The maximum atomic E-state index is 12.8. The van der Waals surface area contributed by atoms with Crippen LogP contribution in [0.3, 0.4) is 0 Å². The smallest absolute Gasteiger partial charge is 0.270 e. The number of nitro benzene ring substituents is 1. The van der Waals surface area contributed by atoms with Gasteiger partial charge in [0, 0.05) is 37.0 Å². The Labute approximate surface area is 163 Å². The maximum Gasteiger partial charge on any atom is 0.270 e. The van der Waals surface area contributed by atoms with E-state index in [-0.39, 0.29) is 21.9 Å². The van der Waals surface area contributed by atoms with Crippen molar-refractivity contribution in [1.82, 2.24) is 4.31 Å². The van der Waals surface area contributed by atoms with Gasteiger partial charge in [-0.2, -0.15) is 4.31 Å². The number of hydrogen-bond donors (Lipinski definition) is 1. The zero-order valence-corrected chi connectivity index (χ0v) is 16.0. The molecule has 0 amide bonds. The van der Waals surface area contributed by atoms with Crippen LogP contribution < -0.4 is 0 Å². The molecule has 0 spiro atoms. The zero-order valence-electron chi connectivity index (χ0n) is 15.2. The third-order valence-corrected chi connectivity index (χ3v) is 6.53. The van der Waals surface area contributed by atoms with Gasteiger partial charge < -0.3 is 5.11 Å². The second-order valence-corrected chi connectivity index (χ2v) is 8.51. The normalized spacial score (nSPS) is 16.1. The molecule has 1 fully saturated rings. The summed E-state index contributed by atoms with van der Waals surface area (Å²) in [5.41, 5.74) is 0.523. The third-order valence-electron chi connectivity index (χ3n) is 4.61. The molecule has 0 atom stereocenters. The Morgan fingerprint density at radius 2 is 1.68 bits per heavy atom. The highest BCUT2D eigenvalue weighted by atomic mass is 32.2.